The van der Waals surface area contributed by atoms with Gasteiger partial charge in [-0.25, -0.2) is 4.79 Å². The molecular formula is C36H41N5O5. The number of benzene rings is 3. The summed E-state index contributed by atoms with van der Waals surface area (Å²) in [7, 11) is 1.58. The first-order chi connectivity index (χ1) is 22.1. The molecule has 0 spiro atoms. The predicted octanol–water partition coefficient (Wildman–Crippen LogP) is 7.64. The van der Waals surface area contributed by atoms with Gasteiger partial charge in [0.15, 0.2) is 0 Å². The molecule has 5 rings (SSSR count). The van der Waals surface area contributed by atoms with Gasteiger partial charge in [-0.3, -0.25) is 4.79 Å². The summed E-state index contributed by atoms with van der Waals surface area (Å²) in [6.07, 6.45) is 1.92. The number of hydrogen-bond donors (Lipinski definition) is 0. The van der Waals surface area contributed by atoms with Gasteiger partial charge in [-0.05, 0) is 91.6 Å². The summed E-state index contributed by atoms with van der Waals surface area (Å²) < 4.78 is 17.1. The Labute approximate surface area is 270 Å². The van der Waals surface area contributed by atoms with Crippen molar-refractivity contribution in [2.45, 2.75) is 58.2 Å². The molecule has 46 heavy (non-hydrogen) atoms. The minimum Gasteiger partial charge on any atom is -0.497 e. The zero-order valence-corrected chi connectivity index (χ0v) is 26.9. The van der Waals surface area contributed by atoms with Crippen molar-refractivity contribution in [3.8, 4) is 22.6 Å². The molecule has 0 unspecified atom stereocenters. The third-order valence-electron chi connectivity index (χ3n) is 7.87. The van der Waals surface area contributed by atoms with Gasteiger partial charge in [0.05, 0.1) is 26.8 Å². The van der Waals surface area contributed by atoms with Gasteiger partial charge in [-0.2, -0.15) is 0 Å². The Hall–Kier alpha value is -4.95. The van der Waals surface area contributed by atoms with Crippen LogP contribution in [-0.2, 0) is 16.1 Å². The molecule has 0 N–H and O–H groups in total. The van der Waals surface area contributed by atoms with Crippen LogP contribution in [0.1, 0.15) is 51.2 Å². The number of amides is 2. The first kappa shape index (κ1) is 32.4. The van der Waals surface area contributed by atoms with Crippen LogP contribution in [0.5, 0.6) is 11.5 Å². The Morgan fingerprint density at radius 2 is 1.70 bits per heavy atom. The molecule has 2 amide bonds. The second kappa shape index (κ2) is 14.4. The van der Waals surface area contributed by atoms with E-state index >= 15 is 0 Å². The van der Waals surface area contributed by atoms with Crippen molar-refractivity contribution in [2.24, 2.45) is 5.11 Å². The van der Waals surface area contributed by atoms with Gasteiger partial charge in [-0.1, -0.05) is 53.6 Å². The molecular weight excluding hydrogens is 582 g/mol. The molecule has 1 aliphatic heterocycles. The lowest BCUT2D eigenvalue weighted by atomic mass is 9.90. The first-order valence-electron chi connectivity index (χ1n) is 15.6. The second-order valence-electron chi connectivity index (χ2n) is 12.5. The van der Waals surface area contributed by atoms with Gasteiger partial charge in [-0.15, -0.1) is 0 Å². The van der Waals surface area contributed by atoms with Crippen LogP contribution < -0.4 is 9.47 Å². The fourth-order valence-electron chi connectivity index (χ4n) is 5.57. The van der Waals surface area contributed by atoms with Crippen molar-refractivity contribution in [3.63, 3.8) is 0 Å². The van der Waals surface area contributed by atoms with Gasteiger partial charge in [0.25, 0.3) is 5.91 Å². The van der Waals surface area contributed by atoms with E-state index in [1.165, 1.54) is 0 Å². The summed E-state index contributed by atoms with van der Waals surface area (Å²) in [6, 6.07) is 24.1. The van der Waals surface area contributed by atoms with E-state index in [1.54, 1.807) is 18.1 Å². The van der Waals surface area contributed by atoms with Crippen LogP contribution in [0.2, 0.25) is 0 Å². The maximum absolute atomic E-state index is 14.6. The van der Waals surface area contributed by atoms with Crippen LogP contribution in [0, 0.1) is 0 Å². The molecule has 2 aliphatic rings. The van der Waals surface area contributed by atoms with E-state index in [-0.39, 0.29) is 31.6 Å². The van der Waals surface area contributed by atoms with Gasteiger partial charge in [0.2, 0.25) is 0 Å². The second-order valence-corrected chi connectivity index (χ2v) is 12.5. The zero-order valence-electron chi connectivity index (χ0n) is 26.9. The molecule has 0 radical (unpaired) electrons. The lowest BCUT2D eigenvalue weighted by molar-refractivity contribution is -0.128. The highest BCUT2D eigenvalue weighted by Gasteiger charge is 2.38. The number of carbonyl (C=O) groups excluding carboxylic acids is 2. The Morgan fingerprint density at radius 1 is 0.978 bits per heavy atom. The topological polar surface area (TPSA) is 117 Å². The molecule has 240 valence electrons. The Balaban J connectivity index is 1.49. The summed E-state index contributed by atoms with van der Waals surface area (Å²) >= 11 is 0. The molecule has 3 aromatic rings. The highest BCUT2D eigenvalue weighted by molar-refractivity contribution is 6.03. The van der Waals surface area contributed by atoms with E-state index in [0.717, 1.165) is 40.7 Å². The van der Waals surface area contributed by atoms with Crippen molar-refractivity contribution in [1.29, 1.82) is 0 Å². The third kappa shape index (κ3) is 8.40. The molecule has 0 atom stereocenters. The van der Waals surface area contributed by atoms with Crippen LogP contribution in [-0.4, -0.2) is 66.8 Å². The van der Waals surface area contributed by atoms with Crippen molar-refractivity contribution in [3.05, 3.63) is 99.9 Å². The van der Waals surface area contributed by atoms with E-state index in [1.807, 2.05) is 68.1 Å². The Morgan fingerprint density at radius 3 is 2.39 bits per heavy atom. The summed E-state index contributed by atoms with van der Waals surface area (Å²) in [5, 5.41) is 3.53. The average molecular weight is 624 g/mol. The van der Waals surface area contributed by atoms with Crippen molar-refractivity contribution in [1.82, 2.24) is 9.80 Å². The molecule has 0 aromatic heterocycles. The van der Waals surface area contributed by atoms with Gasteiger partial charge < -0.3 is 24.0 Å². The van der Waals surface area contributed by atoms with E-state index in [9.17, 15) is 9.59 Å². The monoisotopic (exact) mass is 623 g/mol. The van der Waals surface area contributed by atoms with Gasteiger partial charge in [0, 0.05) is 35.7 Å². The van der Waals surface area contributed by atoms with Crippen LogP contribution in [0.4, 0.5) is 4.79 Å². The highest BCUT2D eigenvalue weighted by Crippen LogP contribution is 2.36. The third-order valence-corrected chi connectivity index (χ3v) is 7.87. The maximum Gasteiger partial charge on any atom is 0.410 e. The van der Waals surface area contributed by atoms with Gasteiger partial charge in [0.1, 0.15) is 17.1 Å². The van der Waals surface area contributed by atoms with Crippen LogP contribution in [0.3, 0.4) is 0 Å². The Bertz CT molecular complexity index is 1640. The SMILES string of the molecule is COc1cc(CN(C(=O)C2=C(c3cccc(-c4ccccc4)c3)CCN(C(=O)OC(C)(C)C)C2)C2CC2)cc(OCCN=[N+]=[N-])c1. The molecule has 10 heteroatoms. The number of ether oxygens (including phenoxy) is 3. The summed E-state index contributed by atoms with van der Waals surface area (Å²) in [6.45, 7) is 6.91. The van der Waals surface area contributed by atoms with E-state index in [0.29, 0.717) is 36.6 Å². The molecule has 1 fully saturated rings. The number of carbonyl (C=O) groups is 2. The fraction of sp³-hybridized carbons (Fsp3) is 0.389. The number of rotatable bonds is 11. The van der Waals surface area contributed by atoms with Crippen LogP contribution in [0.15, 0.2) is 83.5 Å². The molecule has 1 saturated carbocycles. The quantitative estimate of drug-likeness (QED) is 0.0942. The van der Waals surface area contributed by atoms with Crippen molar-refractivity contribution < 1.29 is 23.8 Å². The standard InChI is InChI=1S/C36H41N5O5/c1-36(2,3)46-35(43)40-17-15-32(28-12-8-11-27(21-28)26-9-6-5-7-10-26)33(24-40)34(42)41(29-13-14-29)23-25-19-30(44-4)22-31(20-25)45-18-16-38-39-37/h5-12,19-22,29H,13-18,23-24H2,1-4H3. The van der Waals surface area contributed by atoms with E-state index < -0.39 is 11.7 Å². The molecule has 1 aliphatic carbocycles. The average Bonchev–Trinajstić information content (AvgIpc) is 3.90. The minimum absolute atomic E-state index is 0.0920. The zero-order chi connectivity index (χ0) is 32.7. The summed E-state index contributed by atoms with van der Waals surface area (Å²) in [4.78, 5) is 34.2. The van der Waals surface area contributed by atoms with Crippen LogP contribution >= 0.6 is 0 Å². The number of methoxy groups -OCH3 is 1. The predicted molar refractivity (Wildman–Crippen MR) is 177 cm³/mol. The summed E-state index contributed by atoms with van der Waals surface area (Å²) in [5.41, 5.74) is 13.5. The smallest absolute Gasteiger partial charge is 0.410 e. The van der Waals surface area contributed by atoms with Crippen LogP contribution in [0.25, 0.3) is 27.1 Å². The molecule has 1 heterocycles. The van der Waals surface area contributed by atoms with Crippen molar-refractivity contribution in [2.75, 3.05) is 33.4 Å². The number of nitrogens with zero attached hydrogens (tertiary/aromatic N) is 5. The minimum atomic E-state index is -0.650. The lowest BCUT2D eigenvalue weighted by Gasteiger charge is -2.34. The maximum atomic E-state index is 14.6. The Kier molecular flexibility index (Phi) is 10.2. The lowest BCUT2D eigenvalue weighted by Crippen LogP contribution is -2.44. The van der Waals surface area contributed by atoms with Gasteiger partial charge >= 0.3 is 6.09 Å². The molecule has 10 nitrogen and oxygen atoms in total. The largest absolute Gasteiger partial charge is 0.497 e. The normalized spacial score (nSPS) is 14.7. The van der Waals surface area contributed by atoms with E-state index in [4.69, 9.17) is 19.7 Å². The molecule has 3 aromatic carbocycles. The fourth-order valence-corrected chi connectivity index (χ4v) is 5.57. The van der Waals surface area contributed by atoms with E-state index in [2.05, 4.69) is 34.3 Å². The molecule has 0 saturated heterocycles. The number of azide groups is 1. The highest BCUT2D eigenvalue weighted by atomic mass is 16.6. The molecule has 0 bridgehead atoms. The first-order valence-corrected chi connectivity index (χ1v) is 15.6. The van der Waals surface area contributed by atoms with Crippen molar-refractivity contribution >= 4 is 17.6 Å². The summed E-state index contributed by atoms with van der Waals surface area (Å²) in [5.74, 6) is 1.08. The number of hydrogen-bond acceptors (Lipinski definition) is 6.